The smallest absolute Gasteiger partial charge is 0.230 e. The molecular formula is C14H16ClN5. The molecule has 0 aromatic carbocycles. The second-order valence-electron chi connectivity index (χ2n) is 4.96. The van der Waals surface area contributed by atoms with Crippen LogP contribution in [-0.2, 0) is 0 Å². The van der Waals surface area contributed by atoms with Gasteiger partial charge in [-0.3, -0.25) is 4.98 Å². The Labute approximate surface area is 123 Å². The Bertz CT molecular complexity index is 593. The summed E-state index contributed by atoms with van der Waals surface area (Å²) in [6.45, 7) is 3.90. The zero-order valence-corrected chi connectivity index (χ0v) is 12.1. The van der Waals surface area contributed by atoms with Crippen LogP contribution in [0.2, 0.25) is 5.28 Å². The van der Waals surface area contributed by atoms with E-state index >= 15 is 0 Å². The van der Waals surface area contributed by atoms with Gasteiger partial charge in [-0.2, -0.15) is 15.0 Å². The summed E-state index contributed by atoms with van der Waals surface area (Å²) in [6.07, 6.45) is 5.38. The first-order valence-corrected chi connectivity index (χ1v) is 7.20. The van der Waals surface area contributed by atoms with Gasteiger partial charge in [-0.05, 0) is 49.9 Å². The van der Waals surface area contributed by atoms with E-state index in [-0.39, 0.29) is 5.28 Å². The minimum Gasteiger partial charge on any atom is -0.341 e. The average Bonchev–Trinajstić information content (AvgIpc) is 2.48. The minimum absolute atomic E-state index is 0.233. The van der Waals surface area contributed by atoms with Crippen molar-refractivity contribution in [3.05, 3.63) is 29.3 Å². The molecule has 0 aliphatic carbocycles. The molecule has 2 aromatic heterocycles. The fraction of sp³-hybridized carbons (Fsp3) is 0.429. The van der Waals surface area contributed by atoms with E-state index in [1.807, 2.05) is 19.1 Å². The number of aryl methyl sites for hydroxylation is 1. The van der Waals surface area contributed by atoms with E-state index in [0.29, 0.717) is 11.8 Å². The third-order valence-corrected chi connectivity index (χ3v) is 3.57. The van der Waals surface area contributed by atoms with Crippen molar-refractivity contribution in [3.8, 4) is 11.4 Å². The van der Waals surface area contributed by atoms with Crippen LogP contribution in [0.4, 0.5) is 5.95 Å². The Morgan fingerprint density at radius 3 is 2.55 bits per heavy atom. The molecule has 0 N–H and O–H groups in total. The lowest BCUT2D eigenvalue weighted by molar-refractivity contribution is 0.567. The predicted octanol–water partition coefficient (Wildman–Crippen LogP) is 2.89. The van der Waals surface area contributed by atoms with Crippen molar-refractivity contribution < 1.29 is 0 Å². The number of anilines is 1. The molecule has 0 saturated carbocycles. The number of halogens is 1. The Morgan fingerprint density at radius 1 is 1.05 bits per heavy atom. The summed E-state index contributed by atoms with van der Waals surface area (Å²) in [6, 6.07) is 3.89. The van der Waals surface area contributed by atoms with Gasteiger partial charge in [0.2, 0.25) is 11.2 Å². The largest absolute Gasteiger partial charge is 0.341 e. The highest BCUT2D eigenvalue weighted by molar-refractivity contribution is 6.28. The minimum atomic E-state index is 0.233. The summed E-state index contributed by atoms with van der Waals surface area (Å²) >= 11 is 6.04. The zero-order chi connectivity index (χ0) is 13.9. The number of rotatable bonds is 2. The molecule has 1 fully saturated rings. The van der Waals surface area contributed by atoms with Crippen LogP contribution in [0.3, 0.4) is 0 Å². The van der Waals surface area contributed by atoms with Crippen molar-refractivity contribution in [1.82, 2.24) is 19.9 Å². The molecule has 20 heavy (non-hydrogen) atoms. The van der Waals surface area contributed by atoms with E-state index in [9.17, 15) is 0 Å². The van der Waals surface area contributed by atoms with Gasteiger partial charge >= 0.3 is 0 Å². The van der Waals surface area contributed by atoms with E-state index in [4.69, 9.17) is 11.6 Å². The van der Waals surface area contributed by atoms with Crippen LogP contribution in [-0.4, -0.2) is 33.0 Å². The zero-order valence-electron chi connectivity index (χ0n) is 11.4. The molecule has 1 saturated heterocycles. The molecule has 0 bridgehead atoms. The third kappa shape index (κ3) is 2.88. The molecule has 1 aliphatic heterocycles. The van der Waals surface area contributed by atoms with Crippen molar-refractivity contribution >= 4 is 17.5 Å². The summed E-state index contributed by atoms with van der Waals surface area (Å²) in [7, 11) is 0. The van der Waals surface area contributed by atoms with Crippen LogP contribution in [0.25, 0.3) is 11.4 Å². The van der Waals surface area contributed by atoms with Gasteiger partial charge in [-0.25, -0.2) is 0 Å². The maximum absolute atomic E-state index is 6.04. The lowest BCUT2D eigenvalue weighted by Crippen LogP contribution is -2.31. The normalized spacial score (nSPS) is 15.4. The first-order valence-electron chi connectivity index (χ1n) is 6.82. The van der Waals surface area contributed by atoms with E-state index in [0.717, 1.165) is 24.3 Å². The molecule has 0 atom stereocenters. The molecule has 3 heterocycles. The highest BCUT2D eigenvalue weighted by Gasteiger charge is 2.16. The standard InChI is InChI=1S/C14H16ClN5/c1-10-5-6-11(9-16-10)12-17-13(15)19-14(18-12)20-7-3-2-4-8-20/h5-6,9H,2-4,7-8H2,1H3. The van der Waals surface area contributed by atoms with E-state index in [1.165, 1.54) is 19.3 Å². The first kappa shape index (κ1) is 13.2. The van der Waals surface area contributed by atoms with Gasteiger partial charge < -0.3 is 4.90 Å². The van der Waals surface area contributed by atoms with Gasteiger partial charge in [0.05, 0.1) is 0 Å². The van der Waals surface area contributed by atoms with Gasteiger partial charge in [0.15, 0.2) is 5.82 Å². The number of nitrogens with zero attached hydrogens (tertiary/aromatic N) is 5. The van der Waals surface area contributed by atoms with Crippen LogP contribution >= 0.6 is 11.6 Å². The highest BCUT2D eigenvalue weighted by Crippen LogP contribution is 2.21. The lowest BCUT2D eigenvalue weighted by Gasteiger charge is -2.26. The van der Waals surface area contributed by atoms with Gasteiger partial charge in [0, 0.05) is 30.5 Å². The molecule has 3 rings (SSSR count). The van der Waals surface area contributed by atoms with Gasteiger partial charge in [0.1, 0.15) is 0 Å². The summed E-state index contributed by atoms with van der Waals surface area (Å²) < 4.78 is 0. The monoisotopic (exact) mass is 289 g/mol. The summed E-state index contributed by atoms with van der Waals surface area (Å²) in [4.78, 5) is 19.4. The molecule has 104 valence electrons. The molecule has 0 radical (unpaired) electrons. The average molecular weight is 290 g/mol. The topological polar surface area (TPSA) is 54.8 Å². The maximum atomic E-state index is 6.04. The maximum Gasteiger partial charge on any atom is 0.230 e. The Hall–Kier alpha value is -1.75. The molecule has 2 aromatic rings. The summed E-state index contributed by atoms with van der Waals surface area (Å²) in [5, 5.41) is 0.233. The van der Waals surface area contributed by atoms with Gasteiger partial charge in [0.25, 0.3) is 0 Å². The van der Waals surface area contributed by atoms with Gasteiger partial charge in [-0.1, -0.05) is 0 Å². The van der Waals surface area contributed by atoms with Crippen molar-refractivity contribution in [3.63, 3.8) is 0 Å². The number of hydrogen-bond donors (Lipinski definition) is 0. The molecule has 0 unspecified atom stereocenters. The van der Waals surface area contributed by atoms with Crippen LogP contribution < -0.4 is 4.90 Å². The van der Waals surface area contributed by atoms with Crippen molar-refractivity contribution in [1.29, 1.82) is 0 Å². The van der Waals surface area contributed by atoms with Crippen molar-refractivity contribution in [2.75, 3.05) is 18.0 Å². The van der Waals surface area contributed by atoms with Gasteiger partial charge in [-0.15, -0.1) is 0 Å². The summed E-state index contributed by atoms with van der Waals surface area (Å²) in [5.41, 5.74) is 1.82. The van der Waals surface area contributed by atoms with E-state index < -0.39 is 0 Å². The lowest BCUT2D eigenvalue weighted by atomic mass is 10.1. The summed E-state index contributed by atoms with van der Waals surface area (Å²) in [5.74, 6) is 1.25. The Morgan fingerprint density at radius 2 is 1.85 bits per heavy atom. The molecular weight excluding hydrogens is 274 g/mol. The second kappa shape index (κ2) is 5.71. The molecule has 6 heteroatoms. The van der Waals surface area contributed by atoms with E-state index in [1.54, 1.807) is 6.20 Å². The SMILES string of the molecule is Cc1ccc(-c2nc(Cl)nc(N3CCCCC3)n2)cn1. The first-order chi connectivity index (χ1) is 9.72. The van der Waals surface area contributed by atoms with Crippen molar-refractivity contribution in [2.45, 2.75) is 26.2 Å². The third-order valence-electron chi connectivity index (χ3n) is 3.40. The number of hydrogen-bond acceptors (Lipinski definition) is 5. The van der Waals surface area contributed by atoms with E-state index in [2.05, 4.69) is 24.8 Å². The number of aromatic nitrogens is 4. The fourth-order valence-electron chi connectivity index (χ4n) is 2.30. The molecule has 0 spiro atoms. The second-order valence-corrected chi connectivity index (χ2v) is 5.30. The van der Waals surface area contributed by atoms with Crippen molar-refractivity contribution in [2.24, 2.45) is 0 Å². The van der Waals surface area contributed by atoms with Crippen LogP contribution in [0.5, 0.6) is 0 Å². The molecule has 1 aliphatic rings. The fourth-order valence-corrected chi connectivity index (χ4v) is 2.46. The highest BCUT2D eigenvalue weighted by atomic mass is 35.5. The molecule has 5 nitrogen and oxygen atoms in total. The Kier molecular flexibility index (Phi) is 3.78. The quantitative estimate of drug-likeness (QED) is 0.851. The Balaban J connectivity index is 1.95. The van der Waals surface area contributed by atoms with Crippen LogP contribution in [0.15, 0.2) is 18.3 Å². The van der Waals surface area contributed by atoms with Crippen LogP contribution in [0.1, 0.15) is 25.0 Å². The number of piperidine rings is 1. The predicted molar refractivity (Wildman–Crippen MR) is 78.9 cm³/mol. The molecule has 0 amide bonds. The number of pyridine rings is 1. The van der Waals surface area contributed by atoms with Crippen LogP contribution in [0, 0.1) is 6.92 Å².